The Morgan fingerprint density at radius 1 is 1.25 bits per heavy atom. The number of hydrogen-bond acceptors (Lipinski definition) is 4. The summed E-state index contributed by atoms with van der Waals surface area (Å²) in [6, 6.07) is 9.64. The predicted molar refractivity (Wildman–Crippen MR) is 90.7 cm³/mol. The number of amides is 1. The maximum atomic E-state index is 12.1. The SMILES string of the molecule is CCN(CC(=O)O)CC1CCN(C(=O)OCc2ccccc2)CC1. The second-order valence-electron chi connectivity index (χ2n) is 6.19. The summed E-state index contributed by atoms with van der Waals surface area (Å²) in [5.41, 5.74) is 0.980. The van der Waals surface area contributed by atoms with E-state index in [0.29, 0.717) is 25.6 Å². The van der Waals surface area contributed by atoms with Crippen molar-refractivity contribution in [1.82, 2.24) is 9.80 Å². The standard InChI is InChI=1S/C18H26N2O4/c1-2-19(13-17(21)22)12-15-8-10-20(11-9-15)18(23)24-14-16-6-4-3-5-7-16/h3-7,15H,2,8-14H2,1H3,(H,21,22). The summed E-state index contributed by atoms with van der Waals surface area (Å²) in [7, 11) is 0. The Morgan fingerprint density at radius 3 is 2.50 bits per heavy atom. The Kier molecular flexibility index (Phi) is 7.06. The zero-order valence-corrected chi connectivity index (χ0v) is 14.2. The Bertz CT molecular complexity index is 527. The third-order valence-electron chi connectivity index (χ3n) is 4.40. The highest BCUT2D eigenvalue weighted by atomic mass is 16.6. The number of likely N-dealkylation sites (N-methyl/N-ethyl adjacent to an activating group) is 1. The molecule has 0 atom stereocenters. The number of likely N-dealkylation sites (tertiary alicyclic amines) is 1. The van der Waals surface area contributed by atoms with E-state index in [1.165, 1.54) is 0 Å². The molecule has 24 heavy (non-hydrogen) atoms. The summed E-state index contributed by atoms with van der Waals surface area (Å²) < 4.78 is 5.36. The Hall–Kier alpha value is -2.08. The minimum Gasteiger partial charge on any atom is -0.480 e. The van der Waals surface area contributed by atoms with Crippen LogP contribution in [0.4, 0.5) is 4.79 Å². The van der Waals surface area contributed by atoms with Crippen molar-refractivity contribution >= 4 is 12.1 Å². The molecule has 0 saturated carbocycles. The molecule has 0 bridgehead atoms. The second kappa shape index (κ2) is 9.27. The number of nitrogens with zero attached hydrogens (tertiary/aromatic N) is 2. The van der Waals surface area contributed by atoms with Gasteiger partial charge in [0.05, 0.1) is 6.54 Å². The van der Waals surface area contributed by atoms with Gasteiger partial charge >= 0.3 is 12.1 Å². The molecule has 0 aromatic heterocycles. The largest absolute Gasteiger partial charge is 0.480 e. The lowest BCUT2D eigenvalue weighted by atomic mass is 9.96. The first-order valence-corrected chi connectivity index (χ1v) is 8.48. The molecule has 1 N–H and O–H groups in total. The van der Waals surface area contributed by atoms with Gasteiger partial charge in [-0.1, -0.05) is 37.3 Å². The van der Waals surface area contributed by atoms with Gasteiger partial charge in [0.25, 0.3) is 0 Å². The molecule has 2 rings (SSSR count). The molecule has 1 heterocycles. The van der Waals surface area contributed by atoms with Gasteiger partial charge in [-0.2, -0.15) is 0 Å². The zero-order chi connectivity index (χ0) is 17.4. The maximum Gasteiger partial charge on any atom is 0.410 e. The number of benzene rings is 1. The molecule has 0 aliphatic carbocycles. The molecule has 6 heteroatoms. The van der Waals surface area contributed by atoms with Gasteiger partial charge < -0.3 is 14.7 Å². The summed E-state index contributed by atoms with van der Waals surface area (Å²) in [6.07, 6.45) is 1.50. The zero-order valence-electron chi connectivity index (χ0n) is 14.2. The van der Waals surface area contributed by atoms with Gasteiger partial charge in [-0.25, -0.2) is 4.79 Å². The molecule has 6 nitrogen and oxygen atoms in total. The number of rotatable bonds is 7. The van der Waals surface area contributed by atoms with Crippen molar-refractivity contribution in [3.8, 4) is 0 Å². The first kappa shape index (κ1) is 18.3. The molecule has 1 aliphatic heterocycles. The molecule has 1 aromatic carbocycles. The average Bonchev–Trinajstić information content (AvgIpc) is 2.60. The van der Waals surface area contributed by atoms with E-state index in [2.05, 4.69) is 0 Å². The van der Waals surface area contributed by atoms with E-state index in [1.807, 2.05) is 42.2 Å². The van der Waals surface area contributed by atoms with E-state index in [0.717, 1.165) is 31.5 Å². The lowest BCUT2D eigenvalue weighted by Gasteiger charge is -2.33. The molecule has 0 spiro atoms. The first-order chi connectivity index (χ1) is 11.6. The lowest BCUT2D eigenvalue weighted by Crippen LogP contribution is -2.42. The molecule has 1 amide bonds. The summed E-state index contributed by atoms with van der Waals surface area (Å²) in [5.74, 6) is -0.360. The number of carboxylic acids is 1. The van der Waals surface area contributed by atoms with Crippen LogP contribution in [0.3, 0.4) is 0 Å². The van der Waals surface area contributed by atoms with Gasteiger partial charge in [0.2, 0.25) is 0 Å². The van der Waals surface area contributed by atoms with Gasteiger partial charge in [-0.15, -0.1) is 0 Å². The highest BCUT2D eigenvalue weighted by molar-refractivity contribution is 5.69. The van der Waals surface area contributed by atoms with Crippen LogP contribution in [-0.4, -0.2) is 59.7 Å². The monoisotopic (exact) mass is 334 g/mol. The molecular weight excluding hydrogens is 308 g/mol. The minimum atomic E-state index is -0.793. The Labute approximate surface area is 143 Å². The summed E-state index contributed by atoms with van der Waals surface area (Å²) >= 11 is 0. The number of ether oxygens (including phenoxy) is 1. The first-order valence-electron chi connectivity index (χ1n) is 8.48. The van der Waals surface area contributed by atoms with Gasteiger partial charge in [0.1, 0.15) is 6.61 Å². The highest BCUT2D eigenvalue weighted by Crippen LogP contribution is 2.19. The predicted octanol–water partition coefficient (Wildman–Crippen LogP) is 2.44. The molecule has 0 unspecified atom stereocenters. The number of aliphatic carboxylic acids is 1. The van der Waals surface area contributed by atoms with Crippen LogP contribution in [0.5, 0.6) is 0 Å². The second-order valence-corrected chi connectivity index (χ2v) is 6.19. The molecule has 1 fully saturated rings. The van der Waals surface area contributed by atoms with Crippen LogP contribution in [-0.2, 0) is 16.1 Å². The van der Waals surface area contributed by atoms with E-state index in [1.54, 1.807) is 4.90 Å². The van der Waals surface area contributed by atoms with E-state index in [9.17, 15) is 9.59 Å². The third-order valence-corrected chi connectivity index (χ3v) is 4.40. The van der Waals surface area contributed by atoms with E-state index in [4.69, 9.17) is 9.84 Å². The van der Waals surface area contributed by atoms with Crippen LogP contribution in [0.2, 0.25) is 0 Å². The van der Waals surface area contributed by atoms with Crippen molar-refractivity contribution in [2.24, 2.45) is 5.92 Å². The van der Waals surface area contributed by atoms with Gasteiger partial charge in [-0.05, 0) is 30.9 Å². The van der Waals surface area contributed by atoms with Crippen LogP contribution < -0.4 is 0 Å². The fourth-order valence-corrected chi connectivity index (χ4v) is 2.97. The van der Waals surface area contributed by atoms with E-state index in [-0.39, 0.29) is 12.6 Å². The number of carbonyl (C=O) groups is 2. The van der Waals surface area contributed by atoms with Gasteiger partial charge in [0, 0.05) is 19.6 Å². The van der Waals surface area contributed by atoms with Crippen LogP contribution in [0.25, 0.3) is 0 Å². The molecule has 0 radical (unpaired) electrons. The fraction of sp³-hybridized carbons (Fsp3) is 0.556. The maximum absolute atomic E-state index is 12.1. The molecule has 1 aromatic rings. The van der Waals surface area contributed by atoms with Gasteiger partial charge in [0.15, 0.2) is 0 Å². The van der Waals surface area contributed by atoms with Crippen LogP contribution in [0, 0.1) is 5.92 Å². The van der Waals surface area contributed by atoms with Crippen LogP contribution >= 0.6 is 0 Å². The summed E-state index contributed by atoms with van der Waals surface area (Å²) in [6.45, 7) is 5.18. The van der Waals surface area contributed by atoms with Crippen molar-refractivity contribution in [1.29, 1.82) is 0 Å². The highest BCUT2D eigenvalue weighted by Gasteiger charge is 2.25. The fourth-order valence-electron chi connectivity index (χ4n) is 2.97. The average molecular weight is 334 g/mol. The number of carbonyl (C=O) groups excluding carboxylic acids is 1. The quantitative estimate of drug-likeness (QED) is 0.829. The van der Waals surface area contributed by atoms with Crippen LogP contribution in [0.1, 0.15) is 25.3 Å². The minimum absolute atomic E-state index is 0.0792. The molecule has 1 aliphatic rings. The molecular formula is C18H26N2O4. The Balaban J connectivity index is 1.71. The molecule has 1 saturated heterocycles. The normalized spacial score (nSPS) is 15.5. The van der Waals surface area contributed by atoms with E-state index >= 15 is 0 Å². The third kappa shape index (κ3) is 5.85. The number of carboxylic acid groups (broad SMARTS) is 1. The van der Waals surface area contributed by atoms with Gasteiger partial charge in [-0.3, -0.25) is 9.69 Å². The van der Waals surface area contributed by atoms with Crippen LogP contribution in [0.15, 0.2) is 30.3 Å². The van der Waals surface area contributed by atoms with Crippen molar-refractivity contribution in [2.45, 2.75) is 26.4 Å². The van der Waals surface area contributed by atoms with E-state index < -0.39 is 5.97 Å². The van der Waals surface area contributed by atoms with Crippen molar-refractivity contribution in [3.63, 3.8) is 0 Å². The number of piperidine rings is 1. The van der Waals surface area contributed by atoms with Crippen molar-refractivity contribution < 1.29 is 19.4 Å². The molecule has 132 valence electrons. The Morgan fingerprint density at radius 2 is 1.92 bits per heavy atom. The lowest BCUT2D eigenvalue weighted by molar-refractivity contribution is -0.138. The topological polar surface area (TPSA) is 70.1 Å². The number of hydrogen-bond donors (Lipinski definition) is 1. The van der Waals surface area contributed by atoms with Crippen molar-refractivity contribution in [3.05, 3.63) is 35.9 Å². The summed E-state index contributed by atoms with van der Waals surface area (Å²) in [5, 5.41) is 8.90. The van der Waals surface area contributed by atoms with Crippen molar-refractivity contribution in [2.75, 3.05) is 32.7 Å². The smallest absolute Gasteiger partial charge is 0.410 e. The summed E-state index contributed by atoms with van der Waals surface area (Å²) in [4.78, 5) is 26.6.